The first-order chi connectivity index (χ1) is 14.3. The number of furan rings is 1. The molecule has 0 radical (unpaired) electrons. The first-order valence-electron chi connectivity index (χ1n) is 9.43. The fourth-order valence-electron chi connectivity index (χ4n) is 3.58. The predicted molar refractivity (Wildman–Crippen MR) is 112 cm³/mol. The van der Waals surface area contributed by atoms with Crippen molar-refractivity contribution in [2.45, 2.75) is 19.0 Å². The van der Waals surface area contributed by atoms with Gasteiger partial charge in [0.15, 0.2) is 9.84 Å². The van der Waals surface area contributed by atoms with Crippen LogP contribution in [0.5, 0.6) is 0 Å². The van der Waals surface area contributed by atoms with Crippen molar-refractivity contribution in [3.8, 4) is 11.3 Å². The Morgan fingerprint density at radius 1 is 1.10 bits per heavy atom. The average molecular weight is 448 g/mol. The molecule has 1 atom stereocenters. The molecule has 1 aliphatic rings. The standard InChI is InChI=1S/C22H19ClFNO4S/c23-16-7-5-15(6-8-16)21-10-9-18(29-21)13-25(17-11-12-30(27,28)14-17)22(26)19-3-1-2-4-20(19)24/h1-10,17H,11-14H2. The summed E-state index contributed by atoms with van der Waals surface area (Å²) in [6.45, 7) is 0.0426. The second-order valence-corrected chi connectivity index (χ2v) is 9.91. The molecule has 1 amide bonds. The Hall–Kier alpha value is -2.64. The van der Waals surface area contributed by atoms with Gasteiger partial charge in [-0.2, -0.15) is 0 Å². The zero-order valence-electron chi connectivity index (χ0n) is 15.9. The fourth-order valence-corrected chi connectivity index (χ4v) is 5.43. The van der Waals surface area contributed by atoms with E-state index in [-0.39, 0.29) is 23.6 Å². The number of sulfone groups is 1. The third kappa shape index (κ3) is 4.42. The Balaban J connectivity index is 1.63. The van der Waals surface area contributed by atoms with Crippen LogP contribution in [-0.2, 0) is 16.4 Å². The van der Waals surface area contributed by atoms with Gasteiger partial charge in [-0.1, -0.05) is 23.7 Å². The van der Waals surface area contributed by atoms with E-state index in [1.165, 1.54) is 23.1 Å². The lowest BCUT2D eigenvalue weighted by Crippen LogP contribution is -2.40. The van der Waals surface area contributed by atoms with Crippen LogP contribution < -0.4 is 0 Å². The normalized spacial score (nSPS) is 17.7. The number of hydrogen-bond donors (Lipinski definition) is 0. The molecule has 0 saturated carbocycles. The number of carbonyl (C=O) groups is 1. The Morgan fingerprint density at radius 2 is 1.83 bits per heavy atom. The summed E-state index contributed by atoms with van der Waals surface area (Å²) in [5.74, 6) is -0.257. The minimum absolute atomic E-state index is 0.00684. The molecule has 1 fully saturated rings. The molecule has 2 aromatic carbocycles. The van der Waals surface area contributed by atoms with Gasteiger partial charge in [0.1, 0.15) is 17.3 Å². The molecule has 156 valence electrons. The number of benzene rings is 2. The molecule has 1 saturated heterocycles. The second kappa shape index (κ2) is 8.24. The van der Waals surface area contributed by atoms with Gasteiger partial charge in [0, 0.05) is 16.6 Å². The van der Waals surface area contributed by atoms with Crippen LogP contribution in [-0.4, -0.2) is 36.8 Å². The summed E-state index contributed by atoms with van der Waals surface area (Å²) in [6, 6.07) is 15.8. The van der Waals surface area contributed by atoms with Crippen molar-refractivity contribution in [3.05, 3.63) is 82.8 Å². The van der Waals surface area contributed by atoms with Crippen molar-refractivity contribution in [2.75, 3.05) is 11.5 Å². The maximum Gasteiger partial charge on any atom is 0.257 e. The van der Waals surface area contributed by atoms with Gasteiger partial charge in [-0.15, -0.1) is 0 Å². The molecule has 5 nitrogen and oxygen atoms in total. The second-order valence-electron chi connectivity index (χ2n) is 7.24. The quantitative estimate of drug-likeness (QED) is 0.574. The third-order valence-electron chi connectivity index (χ3n) is 5.13. The Kier molecular flexibility index (Phi) is 5.66. The zero-order chi connectivity index (χ0) is 21.3. The zero-order valence-corrected chi connectivity index (χ0v) is 17.5. The van der Waals surface area contributed by atoms with E-state index in [0.717, 1.165) is 5.56 Å². The van der Waals surface area contributed by atoms with E-state index in [2.05, 4.69) is 0 Å². The molecule has 8 heteroatoms. The van der Waals surface area contributed by atoms with Crippen LogP contribution in [0.25, 0.3) is 11.3 Å². The van der Waals surface area contributed by atoms with Crippen molar-refractivity contribution in [3.63, 3.8) is 0 Å². The Morgan fingerprint density at radius 3 is 2.50 bits per heavy atom. The van der Waals surface area contributed by atoms with Gasteiger partial charge in [-0.25, -0.2) is 12.8 Å². The largest absolute Gasteiger partial charge is 0.459 e. The number of hydrogen-bond acceptors (Lipinski definition) is 4. The number of halogens is 2. The Labute approximate surface area is 179 Å². The molecule has 30 heavy (non-hydrogen) atoms. The van der Waals surface area contributed by atoms with E-state index in [9.17, 15) is 17.6 Å². The Bertz CT molecular complexity index is 1170. The molecule has 1 unspecified atom stereocenters. The molecular weight excluding hydrogens is 429 g/mol. The first-order valence-corrected chi connectivity index (χ1v) is 11.6. The lowest BCUT2D eigenvalue weighted by molar-refractivity contribution is 0.0661. The summed E-state index contributed by atoms with van der Waals surface area (Å²) in [5.41, 5.74) is 0.729. The van der Waals surface area contributed by atoms with Crippen LogP contribution in [0, 0.1) is 5.82 Å². The van der Waals surface area contributed by atoms with Gasteiger partial charge in [-0.05, 0) is 55.0 Å². The third-order valence-corrected chi connectivity index (χ3v) is 7.13. The van der Waals surface area contributed by atoms with E-state index in [1.807, 2.05) is 12.1 Å². The van der Waals surface area contributed by atoms with Gasteiger partial charge in [0.25, 0.3) is 5.91 Å². The fraction of sp³-hybridized carbons (Fsp3) is 0.227. The molecule has 4 rings (SSSR count). The van der Waals surface area contributed by atoms with Crippen LogP contribution in [0.3, 0.4) is 0 Å². The van der Waals surface area contributed by atoms with Gasteiger partial charge < -0.3 is 9.32 Å². The summed E-state index contributed by atoms with van der Waals surface area (Å²) >= 11 is 5.92. The van der Waals surface area contributed by atoms with Crippen LogP contribution in [0.4, 0.5) is 4.39 Å². The molecule has 1 aromatic heterocycles. The van der Waals surface area contributed by atoms with Crippen molar-refractivity contribution in [1.29, 1.82) is 0 Å². The molecule has 2 heterocycles. The van der Waals surface area contributed by atoms with Crippen LogP contribution in [0.2, 0.25) is 5.02 Å². The van der Waals surface area contributed by atoms with Crippen LogP contribution in [0.1, 0.15) is 22.5 Å². The number of carbonyl (C=O) groups excluding carboxylic acids is 1. The lowest BCUT2D eigenvalue weighted by Gasteiger charge is -2.27. The average Bonchev–Trinajstić information content (AvgIpc) is 3.33. The highest BCUT2D eigenvalue weighted by molar-refractivity contribution is 7.91. The number of amides is 1. The first kappa shape index (κ1) is 20.6. The molecule has 0 bridgehead atoms. The molecule has 0 aliphatic carbocycles. The molecule has 0 spiro atoms. The topological polar surface area (TPSA) is 67.6 Å². The number of rotatable bonds is 5. The molecule has 0 N–H and O–H groups in total. The minimum atomic E-state index is -3.23. The summed E-state index contributed by atoms with van der Waals surface area (Å²) < 4.78 is 44.1. The molecule has 3 aromatic rings. The van der Waals surface area contributed by atoms with E-state index in [4.69, 9.17) is 16.0 Å². The monoisotopic (exact) mass is 447 g/mol. The minimum Gasteiger partial charge on any atom is -0.459 e. The van der Waals surface area contributed by atoms with Crippen molar-refractivity contribution >= 4 is 27.3 Å². The van der Waals surface area contributed by atoms with Crippen molar-refractivity contribution in [1.82, 2.24) is 4.90 Å². The summed E-state index contributed by atoms with van der Waals surface area (Å²) in [4.78, 5) is 14.5. The van der Waals surface area contributed by atoms with Gasteiger partial charge >= 0.3 is 0 Å². The van der Waals surface area contributed by atoms with E-state index < -0.39 is 27.6 Å². The van der Waals surface area contributed by atoms with Crippen molar-refractivity contribution in [2.24, 2.45) is 0 Å². The molecule has 1 aliphatic heterocycles. The van der Waals surface area contributed by atoms with Gasteiger partial charge in [0.05, 0.1) is 23.6 Å². The highest BCUT2D eigenvalue weighted by atomic mass is 35.5. The maximum atomic E-state index is 14.2. The SMILES string of the molecule is O=C(c1ccccc1F)N(Cc1ccc(-c2ccc(Cl)cc2)o1)C1CCS(=O)(=O)C1. The smallest absolute Gasteiger partial charge is 0.257 e. The summed E-state index contributed by atoms with van der Waals surface area (Å²) in [7, 11) is -3.23. The van der Waals surface area contributed by atoms with Gasteiger partial charge in [0.2, 0.25) is 0 Å². The predicted octanol–water partition coefficient (Wildman–Crippen LogP) is 4.57. The number of nitrogens with zero attached hydrogens (tertiary/aromatic N) is 1. The van der Waals surface area contributed by atoms with Gasteiger partial charge in [-0.3, -0.25) is 4.79 Å². The van der Waals surface area contributed by atoms with E-state index >= 15 is 0 Å². The van der Waals surface area contributed by atoms with E-state index in [1.54, 1.807) is 30.3 Å². The lowest BCUT2D eigenvalue weighted by atomic mass is 10.1. The summed E-state index contributed by atoms with van der Waals surface area (Å²) in [6.07, 6.45) is 0.313. The van der Waals surface area contributed by atoms with Crippen LogP contribution in [0.15, 0.2) is 65.1 Å². The maximum absolute atomic E-state index is 14.2. The van der Waals surface area contributed by atoms with Crippen LogP contribution >= 0.6 is 11.6 Å². The highest BCUT2D eigenvalue weighted by Crippen LogP contribution is 2.27. The van der Waals surface area contributed by atoms with Crippen molar-refractivity contribution < 1.29 is 22.0 Å². The van der Waals surface area contributed by atoms with E-state index in [0.29, 0.717) is 23.0 Å². The highest BCUT2D eigenvalue weighted by Gasteiger charge is 2.36. The molecular formula is C22H19ClFNO4S. The summed E-state index contributed by atoms with van der Waals surface area (Å²) in [5, 5.41) is 0.606.